The first-order chi connectivity index (χ1) is 9.02. The van der Waals surface area contributed by atoms with Crippen LogP contribution in [0.3, 0.4) is 0 Å². The monoisotopic (exact) mass is 282 g/mol. The first-order valence-electron chi connectivity index (χ1n) is 6.71. The molecule has 2 heterocycles. The molecule has 1 fully saturated rings. The molecule has 0 aliphatic carbocycles. The summed E-state index contributed by atoms with van der Waals surface area (Å²) >= 11 is 1.73. The van der Waals surface area contributed by atoms with Gasteiger partial charge in [-0.25, -0.2) is 0 Å². The van der Waals surface area contributed by atoms with Crippen molar-refractivity contribution in [1.29, 1.82) is 0 Å². The Bertz CT molecular complexity index is 446. The summed E-state index contributed by atoms with van der Waals surface area (Å²) in [7, 11) is 1.85. The molecule has 4 nitrogen and oxygen atoms in total. The molecule has 1 saturated heterocycles. The van der Waals surface area contributed by atoms with Gasteiger partial charge in [-0.15, -0.1) is 11.3 Å². The number of likely N-dealkylation sites (N-methyl/N-ethyl adjacent to an activating group) is 1. The number of hydrogen-bond acceptors (Lipinski definition) is 4. The number of thiophene rings is 1. The number of aryl methyl sites for hydroxylation is 1. The lowest BCUT2D eigenvalue weighted by molar-refractivity contribution is -0.143. The quantitative estimate of drug-likeness (QED) is 0.920. The summed E-state index contributed by atoms with van der Waals surface area (Å²) in [6, 6.07) is 4.27. The van der Waals surface area contributed by atoms with Crippen LogP contribution in [0.15, 0.2) is 12.1 Å². The van der Waals surface area contributed by atoms with Gasteiger partial charge in [-0.2, -0.15) is 0 Å². The third kappa shape index (κ3) is 3.16. The Morgan fingerprint density at radius 1 is 1.58 bits per heavy atom. The lowest BCUT2D eigenvalue weighted by atomic mass is 10.1. The molecule has 0 spiro atoms. The second kappa shape index (κ2) is 6.03. The average Bonchev–Trinajstić information content (AvgIpc) is 3.04. The lowest BCUT2D eigenvalue weighted by Crippen LogP contribution is -2.38. The summed E-state index contributed by atoms with van der Waals surface area (Å²) in [5.74, 6) is 0.0644. The van der Waals surface area contributed by atoms with Crippen molar-refractivity contribution in [3.63, 3.8) is 0 Å². The van der Waals surface area contributed by atoms with E-state index in [1.165, 1.54) is 9.75 Å². The summed E-state index contributed by atoms with van der Waals surface area (Å²) in [5, 5.41) is 0. The molecule has 0 aromatic carbocycles. The highest BCUT2D eigenvalue weighted by Crippen LogP contribution is 2.28. The summed E-state index contributed by atoms with van der Waals surface area (Å²) in [6.07, 6.45) is 1.39. The number of ether oxygens (including phenoxy) is 1. The van der Waals surface area contributed by atoms with Crippen molar-refractivity contribution < 1.29 is 9.53 Å². The molecule has 1 aliphatic heterocycles. The van der Waals surface area contributed by atoms with Gasteiger partial charge in [0.2, 0.25) is 0 Å². The summed E-state index contributed by atoms with van der Waals surface area (Å²) in [6.45, 7) is 4.63. The van der Waals surface area contributed by atoms with Crippen LogP contribution in [0.25, 0.3) is 0 Å². The number of amides is 1. The van der Waals surface area contributed by atoms with Gasteiger partial charge in [0, 0.05) is 23.3 Å². The van der Waals surface area contributed by atoms with E-state index in [2.05, 4.69) is 26.0 Å². The molecule has 1 amide bonds. The minimum atomic E-state index is -0.318. The van der Waals surface area contributed by atoms with Gasteiger partial charge in [-0.3, -0.25) is 4.79 Å². The van der Waals surface area contributed by atoms with E-state index in [9.17, 15) is 4.79 Å². The third-order valence-electron chi connectivity index (χ3n) is 3.75. The molecular weight excluding hydrogens is 260 g/mol. The average molecular weight is 282 g/mol. The Labute approximate surface area is 118 Å². The van der Waals surface area contributed by atoms with Crippen LogP contribution in [-0.4, -0.2) is 36.6 Å². The van der Waals surface area contributed by atoms with Crippen molar-refractivity contribution in [2.45, 2.75) is 44.9 Å². The van der Waals surface area contributed by atoms with Crippen molar-refractivity contribution in [1.82, 2.24) is 4.90 Å². The van der Waals surface area contributed by atoms with Crippen LogP contribution in [0.1, 0.15) is 35.6 Å². The molecule has 19 heavy (non-hydrogen) atoms. The fourth-order valence-corrected chi connectivity index (χ4v) is 3.32. The standard InChI is InChI=1S/C14H22N2O2S/c1-9-4-7-13(19-9)10(2)16(3)14(17)12-6-5-11(8-15)18-12/h4,7,10-12H,5-6,8,15H2,1-3H3. The molecule has 0 bridgehead atoms. The Morgan fingerprint density at radius 3 is 2.84 bits per heavy atom. The molecule has 0 saturated carbocycles. The highest BCUT2D eigenvalue weighted by molar-refractivity contribution is 7.12. The predicted octanol–water partition coefficient (Wildman–Crippen LogP) is 2.08. The number of nitrogens with two attached hydrogens (primary N) is 1. The SMILES string of the molecule is Cc1ccc(C(C)N(C)C(=O)C2CCC(CN)O2)s1. The fraction of sp³-hybridized carbons (Fsp3) is 0.643. The van der Waals surface area contributed by atoms with Gasteiger partial charge in [0.25, 0.3) is 5.91 Å². The van der Waals surface area contributed by atoms with E-state index >= 15 is 0 Å². The second-order valence-corrected chi connectivity index (χ2v) is 6.45. The van der Waals surface area contributed by atoms with Crippen molar-refractivity contribution in [2.24, 2.45) is 5.73 Å². The van der Waals surface area contributed by atoms with Gasteiger partial charge in [-0.1, -0.05) is 0 Å². The highest BCUT2D eigenvalue weighted by Gasteiger charge is 2.33. The smallest absolute Gasteiger partial charge is 0.251 e. The fourth-order valence-electron chi connectivity index (χ4n) is 2.35. The van der Waals surface area contributed by atoms with Crippen molar-refractivity contribution in [3.8, 4) is 0 Å². The highest BCUT2D eigenvalue weighted by atomic mass is 32.1. The molecule has 1 aromatic rings. The molecule has 5 heteroatoms. The Hall–Kier alpha value is -0.910. The Kier molecular flexibility index (Phi) is 4.60. The lowest BCUT2D eigenvalue weighted by Gasteiger charge is -2.26. The van der Waals surface area contributed by atoms with Crippen LogP contribution in [-0.2, 0) is 9.53 Å². The van der Waals surface area contributed by atoms with Gasteiger partial charge >= 0.3 is 0 Å². The third-order valence-corrected chi connectivity index (χ3v) is 4.92. The molecule has 2 N–H and O–H groups in total. The first kappa shape index (κ1) is 14.5. The maximum absolute atomic E-state index is 12.4. The minimum absolute atomic E-state index is 0.0432. The van der Waals surface area contributed by atoms with Crippen LogP contribution in [0.5, 0.6) is 0 Å². The molecule has 3 unspecified atom stereocenters. The van der Waals surface area contributed by atoms with Crippen molar-refractivity contribution in [2.75, 3.05) is 13.6 Å². The maximum atomic E-state index is 12.4. The number of carbonyl (C=O) groups excluding carboxylic acids is 1. The van der Waals surface area contributed by atoms with E-state index in [1.807, 2.05) is 7.05 Å². The zero-order valence-corrected chi connectivity index (χ0v) is 12.6. The number of carbonyl (C=O) groups is 1. The van der Waals surface area contributed by atoms with Crippen molar-refractivity contribution in [3.05, 3.63) is 21.9 Å². The van der Waals surface area contributed by atoms with E-state index in [-0.39, 0.29) is 24.2 Å². The summed E-state index contributed by atoms with van der Waals surface area (Å²) in [5.41, 5.74) is 5.58. The Balaban J connectivity index is 1.99. The molecule has 1 aromatic heterocycles. The zero-order chi connectivity index (χ0) is 14.0. The van der Waals surface area contributed by atoms with Crippen LogP contribution in [0.4, 0.5) is 0 Å². The minimum Gasteiger partial charge on any atom is -0.364 e. The first-order valence-corrected chi connectivity index (χ1v) is 7.53. The number of hydrogen-bond donors (Lipinski definition) is 1. The zero-order valence-electron chi connectivity index (χ0n) is 11.8. The van der Waals surface area contributed by atoms with Gasteiger partial charge in [0.05, 0.1) is 12.1 Å². The molecule has 1 aliphatic rings. The topological polar surface area (TPSA) is 55.6 Å². The van der Waals surface area contributed by atoms with Crippen LogP contribution < -0.4 is 5.73 Å². The number of rotatable bonds is 4. The largest absolute Gasteiger partial charge is 0.364 e. The molecule has 3 atom stereocenters. The predicted molar refractivity (Wildman–Crippen MR) is 77.2 cm³/mol. The van der Waals surface area contributed by atoms with E-state index in [1.54, 1.807) is 16.2 Å². The normalized spacial score (nSPS) is 24.4. The molecular formula is C14H22N2O2S. The molecule has 106 valence electrons. The molecule has 0 radical (unpaired) electrons. The van der Waals surface area contributed by atoms with Crippen LogP contribution in [0.2, 0.25) is 0 Å². The van der Waals surface area contributed by atoms with E-state index in [4.69, 9.17) is 10.5 Å². The Morgan fingerprint density at radius 2 is 2.32 bits per heavy atom. The maximum Gasteiger partial charge on any atom is 0.251 e. The van der Waals surface area contributed by atoms with Gasteiger partial charge < -0.3 is 15.4 Å². The van der Waals surface area contributed by atoms with E-state index in [0.29, 0.717) is 6.54 Å². The number of nitrogens with zero attached hydrogens (tertiary/aromatic N) is 1. The summed E-state index contributed by atoms with van der Waals surface area (Å²) < 4.78 is 5.67. The van der Waals surface area contributed by atoms with E-state index < -0.39 is 0 Å². The second-order valence-electron chi connectivity index (χ2n) is 5.13. The van der Waals surface area contributed by atoms with Gasteiger partial charge in [0.15, 0.2) is 0 Å². The van der Waals surface area contributed by atoms with Gasteiger partial charge in [-0.05, 0) is 38.8 Å². The van der Waals surface area contributed by atoms with Crippen molar-refractivity contribution >= 4 is 17.2 Å². The van der Waals surface area contributed by atoms with Crippen LogP contribution >= 0.6 is 11.3 Å². The van der Waals surface area contributed by atoms with E-state index in [0.717, 1.165) is 12.8 Å². The van der Waals surface area contributed by atoms with Crippen LogP contribution in [0, 0.1) is 6.92 Å². The summed E-state index contributed by atoms with van der Waals surface area (Å²) in [4.78, 5) is 16.7. The van der Waals surface area contributed by atoms with Gasteiger partial charge in [0.1, 0.15) is 6.10 Å². The molecule has 2 rings (SSSR count).